The topological polar surface area (TPSA) is 74.7 Å². The fraction of sp³-hybridized carbons (Fsp3) is 0.538. The number of carbonyl (C=O) groups is 1. The zero-order chi connectivity index (χ0) is 13.7. The standard InChI is InChI=1S/C13H19N3O3/c1-16-2-3-19-9-10(8-16)5-15-13(18)11-4-12(17)7-14-6-11/h4,6-7,10,17H,2-3,5,8-9H2,1H3,(H,15,18). The number of nitrogens with zero attached hydrogens (tertiary/aromatic N) is 2. The van der Waals surface area contributed by atoms with Gasteiger partial charge in [0.2, 0.25) is 0 Å². The molecule has 0 bridgehead atoms. The van der Waals surface area contributed by atoms with Gasteiger partial charge in [0.1, 0.15) is 5.75 Å². The van der Waals surface area contributed by atoms with Crippen molar-refractivity contribution < 1.29 is 14.6 Å². The van der Waals surface area contributed by atoms with E-state index >= 15 is 0 Å². The summed E-state index contributed by atoms with van der Waals surface area (Å²) in [5.41, 5.74) is 0.364. The molecule has 1 fully saturated rings. The minimum Gasteiger partial charge on any atom is -0.506 e. The van der Waals surface area contributed by atoms with Crippen molar-refractivity contribution in [2.75, 3.05) is 39.9 Å². The average molecular weight is 265 g/mol. The minimum atomic E-state index is -0.227. The molecule has 6 nitrogen and oxygen atoms in total. The molecular formula is C13H19N3O3. The molecule has 104 valence electrons. The maximum Gasteiger partial charge on any atom is 0.252 e. The van der Waals surface area contributed by atoms with Crippen molar-refractivity contribution in [3.63, 3.8) is 0 Å². The van der Waals surface area contributed by atoms with Gasteiger partial charge >= 0.3 is 0 Å². The van der Waals surface area contributed by atoms with Gasteiger partial charge in [-0.2, -0.15) is 0 Å². The first-order chi connectivity index (χ1) is 9.15. The molecule has 1 aliphatic heterocycles. The van der Waals surface area contributed by atoms with Crippen LogP contribution in [0.25, 0.3) is 0 Å². The van der Waals surface area contributed by atoms with Gasteiger partial charge in [0.15, 0.2) is 0 Å². The van der Waals surface area contributed by atoms with Crippen LogP contribution in [-0.4, -0.2) is 60.8 Å². The van der Waals surface area contributed by atoms with Crippen LogP contribution in [0.3, 0.4) is 0 Å². The number of aromatic hydroxyl groups is 1. The number of nitrogens with one attached hydrogen (secondary N) is 1. The minimum absolute atomic E-state index is 0.00909. The Kier molecular flexibility index (Phi) is 4.70. The fourth-order valence-corrected chi connectivity index (χ4v) is 2.07. The third-order valence-electron chi connectivity index (χ3n) is 3.08. The molecule has 0 aliphatic carbocycles. The summed E-state index contributed by atoms with van der Waals surface area (Å²) in [6, 6.07) is 1.40. The first-order valence-electron chi connectivity index (χ1n) is 6.33. The van der Waals surface area contributed by atoms with Crippen LogP contribution < -0.4 is 5.32 Å². The molecule has 1 unspecified atom stereocenters. The number of ether oxygens (including phenoxy) is 1. The van der Waals surface area contributed by atoms with Crippen LogP contribution in [0.4, 0.5) is 0 Å². The van der Waals surface area contributed by atoms with Gasteiger partial charge in [-0.1, -0.05) is 0 Å². The summed E-state index contributed by atoms with van der Waals surface area (Å²) in [5.74, 6) is 0.0437. The van der Waals surface area contributed by atoms with Gasteiger partial charge in [-0.15, -0.1) is 0 Å². The Labute approximate surface area is 112 Å². The SMILES string of the molecule is CN1CCOCC(CNC(=O)c2cncc(O)c2)C1. The summed E-state index contributed by atoms with van der Waals surface area (Å²) < 4.78 is 5.49. The quantitative estimate of drug-likeness (QED) is 0.810. The number of amides is 1. The molecule has 0 saturated carbocycles. The van der Waals surface area contributed by atoms with Gasteiger partial charge in [-0.3, -0.25) is 9.78 Å². The van der Waals surface area contributed by atoms with E-state index in [1.165, 1.54) is 18.5 Å². The van der Waals surface area contributed by atoms with Gasteiger partial charge in [0, 0.05) is 31.7 Å². The Morgan fingerprint density at radius 1 is 1.63 bits per heavy atom. The number of carbonyl (C=O) groups excluding carboxylic acids is 1. The highest BCUT2D eigenvalue weighted by atomic mass is 16.5. The zero-order valence-corrected chi connectivity index (χ0v) is 11.0. The van der Waals surface area contributed by atoms with Crippen LogP contribution in [0.15, 0.2) is 18.5 Å². The normalized spacial score (nSPS) is 20.8. The van der Waals surface area contributed by atoms with E-state index < -0.39 is 0 Å². The molecule has 1 aromatic rings. The monoisotopic (exact) mass is 265 g/mol. The summed E-state index contributed by atoms with van der Waals surface area (Å²) in [6.45, 7) is 3.76. The molecule has 1 aromatic heterocycles. The van der Waals surface area contributed by atoms with Crippen molar-refractivity contribution in [2.45, 2.75) is 0 Å². The molecule has 2 N–H and O–H groups in total. The number of rotatable bonds is 3. The first kappa shape index (κ1) is 13.8. The second kappa shape index (κ2) is 6.49. The third kappa shape index (κ3) is 4.18. The molecule has 19 heavy (non-hydrogen) atoms. The van der Waals surface area contributed by atoms with E-state index in [4.69, 9.17) is 4.74 Å². The highest BCUT2D eigenvalue weighted by molar-refractivity contribution is 5.94. The predicted molar refractivity (Wildman–Crippen MR) is 70.0 cm³/mol. The van der Waals surface area contributed by atoms with Crippen molar-refractivity contribution >= 4 is 5.91 Å². The number of likely N-dealkylation sites (N-methyl/N-ethyl adjacent to an activating group) is 1. The number of hydrogen-bond donors (Lipinski definition) is 2. The molecule has 6 heteroatoms. The molecule has 2 rings (SSSR count). The highest BCUT2D eigenvalue weighted by Crippen LogP contribution is 2.09. The molecule has 1 aliphatic rings. The molecule has 1 amide bonds. The zero-order valence-electron chi connectivity index (χ0n) is 11.0. The lowest BCUT2D eigenvalue weighted by Gasteiger charge is -2.19. The molecule has 0 spiro atoms. The van der Waals surface area contributed by atoms with Crippen LogP contribution in [0, 0.1) is 5.92 Å². The van der Waals surface area contributed by atoms with E-state index in [-0.39, 0.29) is 17.6 Å². The lowest BCUT2D eigenvalue weighted by Crippen LogP contribution is -2.35. The van der Waals surface area contributed by atoms with E-state index in [0.29, 0.717) is 18.7 Å². The summed E-state index contributed by atoms with van der Waals surface area (Å²) >= 11 is 0. The fourth-order valence-electron chi connectivity index (χ4n) is 2.07. The van der Waals surface area contributed by atoms with E-state index in [1.54, 1.807) is 0 Å². The van der Waals surface area contributed by atoms with Crippen LogP contribution >= 0.6 is 0 Å². The van der Waals surface area contributed by atoms with E-state index in [9.17, 15) is 9.90 Å². The predicted octanol–water partition coefficient (Wildman–Crippen LogP) is 0.0952. The summed E-state index contributed by atoms with van der Waals surface area (Å²) in [6.07, 6.45) is 2.73. The maximum atomic E-state index is 11.9. The Morgan fingerprint density at radius 3 is 3.26 bits per heavy atom. The Bertz CT molecular complexity index is 439. The molecule has 1 saturated heterocycles. The van der Waals surface area contributed by atoms with E-state index in [0.717, 1.165) is 19.7 Å². The second-order valence-corrected chi connectivity index (χ2v) is 4.85. The summed E-state index contributed by atoms with van der Waals surface area (Å²) in [5, 5.41) is 12.1. The Morgan fingerprint density at radius 2 is 2.47 bits per heavy atom. The highest BCUT2D eigenvalue weighted by Gasteiger charge is 2.17. The van der Waals surface area contributed by atoms with Crippen LogP contribution in [0.2, 0.25) is 0 Å². The second-order valence-electron chi connectivity index (χ2n) is 4.85. The van der Waals surface area contributed by atoms with E-state index in [2.05, 4.69) is 15.2 Å². The van der Waals surface area contributed by atoms with Gasteiger partial charge in [0.25, 0.3) is 5.91 Å². The average Bonchev–Trinajstić information content (AvgIpc) is 2.60. The number of aromatic nitrogens is 1. The van der Waals surface area contributed by atoms with Crippen molar-refractivity contribution in [1.29, 1.82) is 0 Å². The first-order valence-corrected chi connectivity index (χ1v) is 6.33. The van der Waals surface area contributed by atoms with E-state index in [1.807, 2.05) is 7.05 Å². The Balaban J connectivity index is 1.86. The van der Waals surface area contributed by atoms with Crippen LogP contribution in [0.5, 0.6) is 5.75 Å². The Hall–Kier alpha value is -1.66. The molecule has 2 heterocycles. The number of hydrogen-bond acceptors (Lipinski definition) is 5. The lowest BCUT2D eigenvalue weighted by molar-refractivity contribution is 0.0920. The lowest BCUT2D eigenvalue weighted by atomic mass is 10.1. The molecule has 1 atom stereocenters. The third-order valence-corrected chi connectivity index (χ3v) is 3.08. The number of pyridine rings is 1. The van der Waals surface area contributed by atoms with Crippen LogP contribution in [-0.2, 0) is 4.74 Å². The van der Waals surface area contributed by atoms with Crippen molar-refractivity contribution in [2.24, 2.45) is 5.92 Å². The molecule has 0 radical (unpaired) electrons. The smallest absolute Gasteiger partial charge is 0.252 e. The van der Waals surface area contributed by atoms with Gasteiger partial charge in [-0.05, 0) is 13.1 Å². The van der Waals surface area contributed by atoms with Crippen LogP contribution in [0.1, 0.15) is 10.4 Å². The molecule has 0 aromatic carbocycles. The maximum absolute atomic E-state index is 11.9. The van der Waals surface area contributed by atoms with Crippen molar-refractivity contribution in [3.8, 4) is 5.75 Å². The van der Waals surface area contributed by atoms with Crippen molar-refractivity contribution in [1.82, 2.24) is 15.2 Å². The van der Waals surface area contributed by atoms with Gasteiger partial charge < -0.3 is 20.1 Å². The summed E-state index contributed by atoms with van der Waals surface area (Å²) in [7, 11) is 2.04. The molecular weight excluding hydrogens is 246 g/mol. The summed E-state index contributed by atoms with van der Waals surface area (Å²) in [4.78, 5) is 17.9. The van der Waals surface area contributed by atoms with Gasteiger partial charge in [0.05, 0.1) is 25.0 Å². The largest absolute Gasteiger partial charge is 0.506 e. The van der Waals surface area contributed by atoms with Crippen molar-refractivity contribution in [3.05, 3.63) is 24.0 Å². The van der Waals surface area contributed by atoms with Gasteiger partial charge in [-0.25, -0.2) is 0 Å².